The van der Waals surface area contributed by atoms with Gasteiger partial charge in [-0.2, -0.15) is 0 Å². The summed E-state index contributed by atoms with van der Waals surface area (Å²) in [6.07, 6.45) is 3.84. The van der Waals surface area contributed by atoms with Crippen LogP contribution in [0.5, 0.6) is 0 Å². The molecule has 0 aliphatic carbocycles. The molecular formula is C16H11N3O2. The van der Waals surface area contributed by atoms with Gasteiger partial charge in [-0.3, -0.25) is 0 Å². The second-order valence-electron chi connectivity index (χ2n) is 4.70. The highest BCUT2D eigenvalue weighted by molar-refractivity contribution is 5.80. The zero-order chi connectivity index (χ0) is 14.1. The van der Waals surface area contributed by atoms with E-state index >= 15 is 0 Å². The van der Waals surface area contributed by atoms with Gasteiger partial charge in [0.2, 0.25) is 5.89 Å². The fourth-order valence-corrected chi connectivity index (χ4v) is 2.18. The summed E-state index contributed by atoms with van der Waals surface area (Å²) in [6.45, 7) is 0. The maximum absolute atomic E-state index is 5.67. The number of para-hydroxylation sites is 1. The fourth-order valence-electron chi connectivity index (χ4n) is 2.18. The average Bonchev–Trinajstić information content (AvgIpc) is 3.19. The Morgan fingerprint density at radius 1 is 0.952 bits per heavy atom. The van der Waals surface area contributed by atoms with Crippen LogP contribution in [0, 0.1) is 0 Å². The first-order valence-corrected chi connectivity index (χ1v) is 6.58. The normalized spacial score (nSPS) is 11.0. The first kappa shape index (κ1) is 11.8. The molecule has 5 nitrogen and oxygen atoms in total. The molecule has 0 fully saturated rings. The molecule has 5 heteroatoms. The van der Waals surface area contributed by atoms with Crippen LogP contribution in [0.3, 0.4) is 0 Å². The molecule has 21 heavy (non-hydrogen) atoms. The average molecular weight is 277 g/mol. The van der Waals surface area contributed by atoms with Crippen molar-refractivity contribution in [3.8, 4) is 11.6 Å². The molecule has 0 saturated heterocycles. The van der Waals surface area contributed by atoms with Crippen LogP contribution in [0.2, 0.25) is 0 Å². The molecule has 102 valence electrons. The first-order chi connectivity index (χ1) is 10.4. The van der Waals surface area contributed by atoms with Crippen molar-refractivity contribution in [3.05, 3.63) is 66.4 Å². The van der Waals surface area contributed by atoms with Crippen molar-refractivity contribution in [3.63, 3.8) is 0 Å². The highest BCUT2D eigenvalue weighted by Gasteiger charge is 2.11. The molecule has 0 N–H and O–H groups in total. The van der Waals surface area contributed by atoms with Crippen LogP contribution in [0.4, 0.5) is 0 Å². The molecule has 1 aromatic carbocycles. The molecule has 0 radical (unpaired) electrons. The summed E-state index contributed by atoms with van der Waals surface area (Å²) < 4.78 is 10.7. The third-order valence-electron chi connectivity index (χ3n) is 3.22. The lowest BCUT2D eigenvalue weighted by molar-refractivity contribution is 0.513. The van der Waals surface area contributed by atoms with Crippen molar-refractivity contribution < 1.29 is 8.83 Å². The Labute approximate surface area is 120 Å². The molecule has 0 saturated carbocycles. The zero-order valence-corrected chi connectivity index (χ0v) is 11.1. The van der Waals surface area contributed by atoms with Crippen LogP contribution in [0.1, 0.15) is 11.5 Å². The van der Waals surface area contributed by atoms with Crippen LogP contribution in [-0.2, 0) is 6.42 Å². The number of hydrogen-bond donors (Lipinski definition) is 0. The smallest absolute Gasteiger partial charge is 0.266 e. The SMILES string of the molecule is c1ccc2nc(-c3nnc(Cc4ccoc4)o3)ccc2c1. The number of fused-ring (bicyclic) bond motifs is 1. The number of rotatable bonds is 3. The van der Waals surface area contributed by atoms with Gasteiger partial charge in [-0.1, -0.05) is 24.3 Å². The molecule has 0 amide bonds. The van der Waals surface area contributed by atoms with Crippen molar-refractivity contribution in [2.24, 2.45) is 0 Å². The molecule has 0 unspecified atom stereocenters. The maximum Gasteiger partial charge on any atom is 0.266 e. The monoisotopic (exact) mass is 277 g/mol. The van der Waals surface area contributed by atoms with E-state index in [-0.39, 0.29) is 0 Å². The summed E-state index contributed by atoms with van der Waals surface area (Å²) in [5.41, 5.74) is 2.58. The van der Waals surface area contributed by atoms with E-state index in [1.165, 1.54) is 0 Å². The van der Waals surface area contributed by atoms with Crippen LogP contribution in [-0.4, -0.2) is 15.2 Å². The molecule has 0 bridgehead atoms. The van der Waals surface area contributed by atoms with Gasteiger partial charge in [-0.05, 0) is 23.8 Å². The Morgan fingerprint density at radius 3 is 2.81 bits per heavy atom. The topological polar surface area (TPSA) is 65.0 Å². The predicted octanol–water partition coefficient (Wildman–Crippen LogP) is 3.47. The van der Waals surface area contributed by atoms with E-state index in [0.717, 1.165) is 16.5 Å². The number of pyridine rings is 1. The second kappa shape index (κ2) is 4.86. The number of furan rings is 1. The molecule has 0 aliphatic rings. The van der Waals surface area contributed by atoms with Gasteiger partial charge in [0, 0.05) is 5.39 Å². The standard InChI is InChI=1S/C16H11N3O2/c1-2-4-13-12(3-1)5-6-14(17-13)16-19-18-15(21-16)9-11-7-8-20-10-11/h1-8,10H,9H2. The molecule has 3 heterocycles. The van der Waals surface area contributed by atoms with Gasteiger partial charge in [0.1, 0.15) is 5.69 Å². The van der Waals surface area contributed by atoms with E-state index < -0.39 is 0 Å². The van der Waals surface area contributed by atoms with Crippen molar-refractivity contribution in [2.75, 3.05) is 0 Å². The Hall–Kier alpha value is -2.95. The molecule has 0 spiro atoms. The van der Waals surface area contributed by atoms with E-state index in [9.17, 15) is 0 Å². The minimum absolute atomic E-state index is 0.430. The van der Waals surface area contributed by atoms with Crippen LogP contribution in [0.25, 0.3) is 22.5 Å². The highest BCUT2D eigenvalue weighted by Crippen LogP contribution is 2.20. The third-order valence-corrected chi connectivity index (χ3v) is 3.22. The fraction of sp³-hybridized carbons (Fsp3) is 0.0625. The zero-order valence-electron chi connectivity index (χ0n) is 11.1. The molecule has 4 rings (SSSR count). The van der Waals surface area contributed by atoms with Crippen LogP contribution >= 0.6 is 0 Å². The van der Waals surface area contributed by atoms with Gasteiger partial charge in [0.05, 0.1) is 24.5 Å². The van der Waals surface area contributed by atoms with Crippen LogP contribution in [0.15, 0.2) is 63.8 Å². The van der Waals surface area contributed by atoms with E-state index in [2.05, 4.69) is 15.2 Å². The van der Waals surface area contributed by atoms with Gasteiger partial charge in [0.25, 0.3) is 5.89 Å². The molecule has 0 aliphatic heterocycles. The van der Waals surface area contributed by atoms with Crippen molar-refractivity contribution >= 4 is 10.9 Å². The van der Waals surface area contributed by atoms with Crippen molar-refractivity contribution in [1.29, 1.82) is 0 Å². The number of nitrogens with zero attached hydrogens (tertiary/aromatic N) is 3. The van der Waals surface area contributed by atoms with Crippen LogP contribution < -0.4 is 0 Å². The van der Waals surface area contributed by atoms with Gasteiger partial charge in [0.15, 0.2) is 0 Å². The maximum atomic E-state index is 5.67. The highest BCUT2D eigenvalue weighted by atomic mass is 16.4. The Morgan fingerprint density at radius 2 is 1.90 bits per heavy atom. The Kier molecular flexibility index (Phi) is 2.74. The number of hydrogen-bond acceptors (Lipinski definition) is 5. The summed E-state index contributed by atoms with van der Waals surface area (Å²) in [5, 5.41) is 9.20. The summed E-state index contributed by atoms with van der Waals surface area (Å²) in [7, 11) is 0. The first-order valence-electron chi connectivity index (χ1n) is 6.58. The van der Waals surface area contributed by atoms with E-state index in [0.29, 0.717) is 23.9 Å². The molecule has 4 aromatic rings. The largest absolute Gasteiger partial charge is 0.472 e. The minimum atomic E-state index is 0.430. The van der Waals surface area contributed by atoms with E-state index in [1.807, 2.05) is 42.5 Å². The molecular weight excluding hydrogens is 266 g/mol. The lowest BCUT2D eigenvalue weighted by atomic mass is 10.2. The summed E-state index contributed by atoms with van der Waals surface area (Å²) >= 11 is 0. The molecule has 0 atom stereocenters. The van der Waals surface area contributed by atoms with E-state index in [1.54, 1.807) is 12.5 Å². The van der Waals surface area contributed by atoms with Gasteiger partial charge >= 0.3 is 0 Å². The summed E-state index contributed by atoms with van der Waals surface area (Å²) in [6, 6.07) is 13.7. The quantitative estimate of drug-likeness (QED) is 0.573. The second-order valence-corrected chi connectivity index (χ2v) is 4.70. The van der Waals surface area contributed by atoms with Crippen molar-refractivity contribution in [1.82, 2.24) is 15.2 Å². The van der Waals surface area contributed by atoms with Gasteiger partial charge < -0.3 is 8.83 Å². The summed E-state index contributed by atoms with van der Waals surface area (Å²) in [5.74, 6) is 0.973. The Bertz CT molecular complexity index is 881. The number of benzene rings is 1. The third kappa shape index (κ3) is 2.29. The number of aromatic nitrogens is 3. The minimum Gasteiger partial charge on any atom is -0.472 e. The van der Waals surface area contributed by atoms with E-state index in [4.69, 9.17) is 8.83 Å². The van der Waals surface area contributed by atoms with Gasteiger partial charge in [-0.25, -0.2) is 4.98 Å². The Balaban J connectivity index is 1.67. The molecule has 3 aromatic heterocycles. The van der Waals surface area contributed by atoms with Crippen molar-refractivity contribution in [2.45, 2.75) is 6.42 Å². The van der Waals surface area contributed by atoms with Gasteiger partial charge in [-0.15, -0.1) is 10.2 Å². The summed E-state index contributed by atoms with van der Waals surface area (Å²) in [4.78, 5) is 4.54. The lowest BCUT2D eigenvalue weighted by Gasteiger charge is -1.98. The lowest BCUT2D eigenvalue weighted by Crippen LogP contribution is -1.85. The predicted molar refractivity (Wildman–Crippen MR) is 76.5 cm³/mol.